The van der Waals surface area contributed by atoms with E-state index in [4.69, 9.17) is 0 Å². The molecule has 1 aromatic heterocycles. The summed E-state index contributed by atoms with van der Waals surface area (Å²) in [5.41, 5.74) is 2.12. The highest BCUT2D eigenvalue weighted by atomic mass is 32.2. The van der Waals surface area contributed by atoms with Gasteiger partial charge in [-0.25, -0.2) is 0 Å². The number of aromatic nitrogens is 3. The first kappa shape index (κ1) is 19.7. The number of para-hydroxylation sites is 1. The third-order valence-electron chi connectivity index (χ3n) is 4.94. The molecule has 0 bridgehead atoms. The van der Waals surface area contributed by atoms with E-state index in [0.717, 1.165) is 41.9 Å². The van der Waals surface area contributed by atoms with Crippen LogP contribution in [-0.4, -0.2) is 44.4 Å². The van der Waals surface area contributed by atoms with Crippen molar-refractivity contribution in [3.63, 3.8) is 0 Å². The van der Waals surface area contributed by atoms with Crippen LogP contribution < -0.4 is 5.32 Å². The molecule has 1 amide bonds. The molecular weight excluding hydrogens is 382 g/mol. The molecule has 2 heterocycles. The number of carbonyl (C=O) groups excluding carboxylic acids is 1. The maximum absolute atomic E-state index is 12.3. The van der Waals surface area contributed by atoms with Gasteiger partial charge in [0.15, 0.2) is 11.0 Å². The normalized spacial score (nSPS) is 14.2. The van der Waals surface area contributed by atoms with Crippen LogP contribution in [0.3, 0.4) is 0 Å². The minimum atomic E-state index is -0.0115. The van der Waals surface area contributed by atoms with Crippen LogP contribution in [0.15, 0.2) is 65.8 Å². The molecular formula is C22H25N5OS. The summed E-state index contributed by atoms with van der Waals surface area (Å²) < 4.78 is 2.08. The van der Waals surface area contributed by atoms with Crippen LogP contribution in [0.2, 0.25) is 0 Å². The Balaban J connectivity index is 1.43. The molecule has 0 spiro atoms. The average molecular weight is 408 g/mol. The maximum Gasteiger partial charge on any atom is 0.230 e. The smallest absolute Gasteiger partial charge is 0.230 e. The first-order chi connectivity index (χ1) is 14.3. The Labute approximate surface area is 175 Å². The molecule has 1 aliphatic heterocycles. The van der Waals surface area contributed by atoms with E-state index in [1.807, 2.05) is 48.5 Å². The fraction of sp³-hybridized carbons (Fsp3) is 0.318. The monoisotopic (exact) mass is 407 g/mol. The first-order valence-corrected chi connectivity index (χ1v) is 10.9. The first-order valence-electron chi connectivity index (χ1n) is 9.95. The molecule has 1 N–H and O–H groups in total. The molecule has 1 saturated heterocycles. The van der Waals surface area contributed by atoms with Crippen LogP contribution in [-0.2, 0) is 17.9 Å². The number of nitrogens with one attached hydrogen (secondary N) is 1. The van der Waals surface area contributed by atoms with Gasteiger partial charge in [-0.2, -0.15) is 0 Å². The predicted molar refractivity (Wildman–Crippen MR) is 115 cm³/mol. The zero-order valence-corrected chi connectivity index (χ0v) is 17.1. The van der Waals surface area contributed by atoms with Crippen molar-refractivity contribution in [2.45, 2.75) is 31.1 Å². The second-order valence-electron chi connectivity index (χ2n) is 7.10. The maximum atomic E-state index is 12.3. The van der Waals surface area contributed by atoms with Crippen molar-refractivity contribution in [2.24, 2.45) is 0 Å². The number of likely N-dealkylation sites (tertiary alicyclic amines) is 1. The molecule has 0 atom stereocenters. The summed E-state index contributed by atoms with van der Waals surface area (Å²) in [6.07, 6.45) is 2.48. The summed E-state index contributed by atoms with van der Waals surface area (Å²) in [5, 5.41) is 12.6. The Bertz CT molecular complexity index is 923. The Morgan fingerprint density at radius 3 is 2.38 bits per heavy atom. The molecule has 0 aliphatic carbocycles. The summed E-state index contributed by atoms with van der Waals surface area (Å²) in [6, 6.07) is 20.0. The van der Waals surface area contributed by atoms with Gasteiger partial charge in [-0.1, -0.05) is 60.3 Å². The molecule has 4 rings (SSSR count). The van der Waals surface area contributed by atoms with Crippen molar-refractivity contribution in [1.82, 2.24) is 25.0 Å². The lowest BCUT2D eigenvalue weighted by atomic mass is 10.2. The lowest BCUT2D eigenvalue weighted by molar-refractivity contribution is -0.118. The Kier molecular flexibility index (Phi) is 6.59. The second kappa shape index (κ2) is 9.71. The highest BCUT2D eigenvalue weighted by Gasteiger charge is 2.20. The summed E-state index contributed by atoms with van der Waals surface area (Å²) >= 11 is 1.42. The van der Waals surface area contributed by atoms with Gasteiger partial charge in [0.25, 0.3) is 0 Å². The number of hydrogen-bond acceptors (Lipinski definition) is 5. The van der Waals surface area contributed by atoms with Crippen LogP contribution in [0.1, 0.15) is 24.2 Å². The minimum Gasteiger partial charge on any atom is -0.351 e. The standard InChI is InChI=1S/C22H25N5OS/c28-21(23-15-18-9-3-1-4-10-18)17-29-22-25-24-20(16-26-13-7-8-14-26)27(22)19-11-5-2-6-12-19/h1-6,9-12H,7-8,13-17H2,(H,23,28). The number of rotatable bonds is 8. The van der Waals surface area contributed by atoms with Crippen molar-refractivity contribution in [3.05, 3.63) is 72.1 Å². The van der Waals surface area contributed by atoms with Crippen LogP contribution >= 0.6 is 11.8 Å². The number of benzene rings is 2. The van der Waals surface area contributed by atoms with E-state index in [1.54, 1.807) is 0 Å². The number of amides is 1. The van der Waals surface area contributed by atoms with E-state index in [2.05, 4.69) is 37.1 Å². The molecule has 0 unspecified atom stereocenters. The molecule has 0 saturated carbocycles. The summed E-state index contributed by atoms with van der Waals surface area (Å²) in [4.78, 5) is 14.7. The van der Waals surface area contributed by atoms with Gasteiger partial charge in [-0.05, 0) is 43.6 Å². The van der Waals surface area contributed by atoms with Gasteiger partial charge in [0.2, 0.25) is 5.91 Å². The van der Waals surface area contributed by atoms with Gasteiger partial charge < -0.3 is 5.32 Å². The zero-order chi connectivity index (χ0) is 19.9. The molecule has 7 heteroatoms. The quantitative estimate of drug-likeness (QED) is 0.581. The third-order valence-corrected chi connectivity index (χ3v) is 5.87. The zero-order valence-electron chi connectivity index (χ0n) is 16.3. The van der Waals surface area contributed by atoms with Gasteiger partial charge in [-0.15, -0.1) is 10.2 Å². The van der Waals surface area contributed by atoms with Gasteiger partial charge >= 0.3 is 0 Å². The van der Waals surface area contributed by atoms with Gasteiger partial charge in [-0.3, -0.25) is 14.3 Å². The average Bonchev–Trinajstić information content (AvgIpc) is 3.42. The van der Waals surface area contributed by atoms with Crippen molar-refractivity contribution in [3.8, 4) is 5.69 Å². The van der Waals surface area contributed by atoms with E-state index < -0.39 is 0 Å². The summed E-state index contributed by atoms with van der Waals surface area (Å²) in [6.45, 7) is 3.52. The fourth-order valence-electron chi connectivity index (χ4n) is 3.45. The molecule has 6 nitrogen and oxygen atoms in total. The molecule has 0 radical (unpaired) electrons. The Morgan fingerprint density at radius 2 is 1.66 bits per heavy atom. The molecule has 150 valence electrons. The van der Waals surface area contributed by atoms with E-state index in [0.29, 0.717) is 12.3 Å². The van der Waals surface area contributed by atoms with E-state index >= 15 is 0 Å². The van der Waals surface area contributed by atoms with Crippen molar-refractivity contribution in [1.29, 1.82) is 0 Å². The molecule has 1 fully saturated rings. The van der Waals surface area contributed by atoms with Gasteiger partial charge in [0.1, 0.15) is 0 Å². The van der Waals surface area contributed by atoms with Crippen molar-refractivity contribution < 1.29 is 4.79 Å². The highest BCUT2D eigenvalue weighted by Crippen LogP contribution is 2.23. The Morgan fingerprint density at radius 1 is 0.966 bits per heavy atom. The second-order valence-corrected chi connectivity index (χ2v) is 8.05. The van der Waals surface area contributed by atoms with E-state index in [9.17, 15) is 4.79 Å². The van der Waals surface area contributed by atoms with Gasteiger partial charge in [0.05, 0.1) is 12.3 Å². The van der Waals surface area contributed by atoms with E-state index in [1.165, 1.54) is 24.6 Å². The number of carbonyl (C=O) groups is 1. The predicted octanol–water partition coefficient (Wildman–Crippen LogP) is 3.27. The highest BCUT2D eigenvalue weighted by molar-refractivity contribution is 7.99. The van der Waals surface area contributed by atoms with Crippen LogP contribution in [0.25, 0.3) is 5.69 Å². The van der Waals surface area contributed by atoms with Crippen molar-refractivity contribution in [2.75, 3.05) is 18.8 Å². The molecule has 3 aromatic rings. The van der Waals surface area contributed by atoms with Crippen LogP contribution in [0.5, 0.6) is 0 Å². The van der Waals surface area contributed by atoms with Crippen LogP contribution in [0.4, 0.5) is 0 Å². The number of nitrogens with zero attached hydrogens (tertiary/aromatic N) is 4. The molecule has 2 aromatic carbocycles. The lowest BCUT2D eigenvalue weighted by Gasteiger charge is -2.16. The lowest BCUT2D eigenvalue weighted by Crippen LogP contribution is -2.24. The van der Waals surface area contributed by atoms with Gasteiger partial charge in [0, 0.05) is 12.2 Å². The number of hydrogen-bond donors (Lipinski definition) is 1. The largest absolute Gasteiger partial charge is 0.351 e. The Hall–Kier alpha value is -2.64. The summed E-state index contributed by atoms with van der Waals surface area (Å²) in [5.74, 6) is 1.22. The third kappa shape index (κ3) is 5.25. The summed E-state index contributed by atoms with van der Waals surface area (Å²) in [7, 11) is 0. The van der Waals surface area contributed by atoms with Crippen LogP contribution in [0, 0.1) is 0 Å². The topological polar surface area (TPSA) is 63.1 Å². The van der Waals surface area contributed by atoms with Crippen molar-refractivity contribution >= 4 is 17.7 Å². The fourth-order valence-corrected chi connectivity index (χ4v) is 4.25. The number of thioether (sulfide) groups is 1. The molecule has 29 heavy (non-hydrogen) atoms. The van der Waals surface area contributed by atoms with E-state index in [-0.39, 0.29) is 5.91 Å². The molecule has 1 aliphatic rings. The minimum absolute atomic E-state index is 0.0115. The SMILES string of the molecule is O=C(CSc1nnc(CN2CCCC2)n1-c1ccccc1)NCc1ccccc1.